The van der Waals surface area contributed by atoms with Crippen molar-refractivity contribution < 1.29 is 14.7 Å². The molecule has 1 aromatic rings. The van der Waals surface area contributed by atoms with E-state index in [1.165, 1.54) is 11.3 Å². The van der Waals surface area contributed by atoms with Gasteiger partial charge in [0.05, 0.1) is 17.8 Å². The number of carbonyl (C=O) groups excluding carboxylic acids is 2. The van der Waals surface area contributed by atoms with Crippen LogP contribution < -0.4 is 0 Å². The Morgan fingerprint density at radius 2 is 1.76 bits per heavy atom. The number of hydrogen-bond donors (Lipinski definition) is 1. The van der Waals surface area contributed by atoms with Crippen molar-refractivity contribution in [3.05, 3.63) is 35.4 Å². The molecule has 112 valence electrons. The van der Waals surface area contributed by atoms with E-state index in [1.54, 1.807) is 24.3 Å². The molecule has 1 fully saturated rings. The SMILES string of the molecule is O=C1c2ccccc2C(=O)N1CN(CCCO)C1CCC1. The van der Waals surface area contributed by atoms with Crippen LogP contribution in [-0.4, -0.2) is 52.6 Å². The summed E-state index contributed by atoms with van der Waals surface area (Å²) in [5.74, 6) is -0.409. The Bertz CT molecular complexity index is 519. The second kappa shape index (κ2) is 5.95. The summed E-state index contributed by atoms with van der Waals surface area (Å²) in [4.78, 5) is 28.2. The number of hydrogen-bond acceptors (Lipinski definition) is 4. The molecule has 0 spiro atoms. The molecule has 3 rings (SSSR count). The minimum Gasteiger partial charge on any atom is -0.396 e. The average Bonchev–Trinajstić information content (AvgIpc) is 2.68. The molecule has 1 aromatic carbocycles. The van der Waals surface area contributed by atoms with E-state index in [0.29, 0.717) is 36.8 Å². The monoisotopic (exact) mass is 288 g/mol. The minimum atomic E-state index is -0.205. The van der Waals surface area contributed by atoms with Crippen molar-refractivity contribution in [2.24, 2.45) is 0 Å². The summed E-state index contributed by atoms with van der Waals surface area (Å²) in [7, 11) is 0. The number of nitrogens with zero attached hydrogens (tertiary/aromatic N) is 2. The van der Waals surface area contributed by atoms with E-state index in [0.717, 1.165) is 12.8 Å². The fraction of sp³-hybridized carbons (Fsp3) is 0.500. The van der Waals surface area contributed by atoms with Crippen LogP contribution in [0.15, 0.2) is 24.3 Å². The zero-order valence-electron chi connectivity index (χ0n) is 12.0. The predicted molar refractivity (Wildman–Crippen MR) is 77.9 cm³/mol. The van der Waals surface area contributed by atoms with Gasteiger partial charge in [-0.1, -0.05) is 18.6 Å². The van der Waals surface area contributed by atoms with E-state index in [4.69, 9.17) is 5.11 Å². The van der Waals surface area contributed by atoms with E-state index in [9.17, 15) is 9.59 Å². The fourth-order valence-electron chi connectivity index (χ4n) is 2.94. The molecular formula is C16H20N2O3. The molecule has 1 aliphatic heterocycles. The van der Waals surface area contributed by atoms with E-state index in [-0.39, 0.29) is 18.4 Å². The number of amides is 2. The Morgan fingerprint density at radius 3 is 2.24 bits per heavy atom. The highest BCUT2D eigenvalue weighted by Gasteiger charge is 2.37. The van der Waals surface area contributed by atoms with E-state index < -0.39 is 0 Å². The van der Waals surface area contributed by atoms with Crippen LogP contribution >= 0.6 is 0 Å². The van der Waals surface area contributed by atoms with Gasteiger partial charge >= 0.3 is 0 Å². The third-order valence-corrected chi connectivity index (χ3v) is 4.40. The lowest BCUT2D eigenvalue weighted by Gasteiger charge is -2.39. The Labute approximate surface area is 124 Å². The minimum absolute atomic E-state index is 0.130. The van der Waals surface area contributed by atoms with Gasteiger partial charge in [0.15, 0.2) is 0 Å². The topological polar surface area (TPSA) is 60.9 Å². The van der Waals surface area contributed by atoms with Crippen LogP contribution in [-0.2, 0) is 0 Å². The van der Waals surface area contributed by atoms with Crippen LogP contribution in [0, 0.1) is 0 Å². The summed E-state index contributed by atoms with van der Waals surface area (Å²) in [6.45, 7) is 1.18. The molecule has 0 atom stereocenters. The third kappa shape index (κ3) is 2.59. The summed E-state index contributed by atoms with van der Waals surface area (Å²) in [5, 5.41) is 9.02. The number of fused-ring (bicyclic) bond motifs is 1. The van der Waals surface area contributed by atoms with Crippen LogP contribution in [0.4, 0.5) is 0 Å². The van der Waals surface area contributed by atoms with Gasteiger partial charge in [0.1, 0.15) is 0 Å². The molecule has 2 amide bonds. The first-order valence-corrected chi connectivity index (χ1v) is 7.52. The summed E-state index contributed by atoms with van der Waals surface area (Å²) < 4.78 is 0. The molecule has 1 aliphatic carbocycles. The van der Waals surface area contributed by atoms with E-state index >= 15 is 0 Å². The Morgan fingerprint density at radius 1 is 1.14 bits per heavy atom. The van der Waals surface area contributed by atoms with Crippen LogP contribution in [0.5, 0.6) is 0 Å². The predicted octanol–water partition coefficient (Wildman–Crippen LogP) is 1.48. The lowest BCUT2D eigenvalue weighted by molar-refractivity contribution is 0.0372. The number of imide groups is 1. The molecule has 5 nitrogen and oxygen atoms in total. The van der Waals surface area contributed by atoms with Gasteiger partial charge in [-0.2, -0.15) is 0 Å². The van der Waals surface area contributed by atoms with Crippen molar-refractivity contribution in [2.45, 2.75) is 31.7 Å². The molecule has 1 N–H and O–H groups in total. The molecule has 2 aliphatic rings. The van der Waals surface area contributed by atoms with Crippen LogP contribution in [0.2, 0.25) is 0 Å². The van der Waals surface area contributed by atoms with Crippen molar-refractivity contribution in [1.82, 2.24) is 9.80 Å². The standard InChI is InChI=1S/C16H20N2O3/c19-10-4-9-17(12-5-3-6-12)11-18-15(20)13-7-1-2-8-14(13)16(18)21/h1-2,7-8,12,19H,3-6,9-11H2. The lowest BCUT2D eigenvalue weighted by Crippen LogP contribution is -2.48. The first-order chi connectivity index (χ1) is 10.2. The van der Waals surface area contributed by atoms with Crippen LogP contribution in [0.1, 0.15) is 46.4 Å². The van der Waals surface area contributed by atoms with E-state index in [1.807, 2.05) is 0 Å². The van der Waals surface area contributed by atoms with Gasteiger partial charge in [-0.15, -0.1) is 0 Å². The van der Waals surface area contributed by atoms with Crippen molar-refractivity contribution in [3.8, 4) is 0 Å². The molecule has 1 saturated carbocycles. The van der Waals surface area contributed by atoms with Gasteiger partial charge in [-0.25, -0.2) is 0 Å². The average molecular weight is 288 g/mol. The molecule has 1 heterocycles. The number of aliphatic hydroxyl groups excluding tert-OH is 1. The highest BCUT2D eigenvalue weighted by molar-refractivity contribution is 6.21. The first kappa shape index (κ1) is 14.2. The third-order valence-electron chi connectivity index (χ3n) is 4.40. The Hall–Kier alpha value is -1.72. The Kier molecular flexibility index (Phi) is 4.03. The number of aliphatic hydroxyl groups is 1. The molecule has 0 radical (unpaired) electrons. The second-order valence-corrected chi connectivity index (χ2v) is 5.70. The van der Waals surface area contributed by atoms with Gasteiger partial charge in [0, 0.05) is 19.2 Å². The quantitative estimate of drug-likeness (QED) is 0.805. The first-order valence-electron chi connectivity index (χ1n) is 7.52. The van der Waals surface area contributed by atoms with Gasteiger partial charge < -0.3 is 5.11 Å². The number of benzene rings is 1. The number of rotatable bonds is 6. The maximum absolute atomic E-state index is 12.4. The van der Waals surface area contributed by atoms with Gasteiger partial charge in [-0.3, -0.25) is 19.4 Å². The molecule has 0 aromatic heterocycles. The van der Waals surface area contributed by atoms with Gasteiger partial charge in [0.25, 0.3) is 11.8 Å². The van der Waals surface area contributed by atoms with Crippen LogP contribution in [0.3, 0.4) is 0 Å². The normalized spacial score (nSPS) is 18.3. The maximum Gasteiger partial charge on any atom is 0.262 e. The highest BCUT2D eigenvalue weighted by atomic mass is 16.3. The van der Waals surface area contributed by atoms with Gasteiger partial charge in [-0.05, 0) is 31.4 Å². The largest absolute Gasteiger partial charge is 0.396 e. The summed E-state index contributed by atoms with van der Waals surface area (Å²) in [5.41, 5.74) is 0.997. The molecular weight excluding hydrogens is 268 g/mol. The van der Waals surface area contributed by atoms with Gasteiger partial charge in [0.2, 0.25) is 0 Å². The molecule has 0 bridgehead atoms. The second-order valence-electron chi connectivity index (χ2n) is 5.70. The van der Waals surface area contributed by atoms with Crippen LogP contribution in [0.25, 0.3) is 0 Å². The number of carbonyl (C=O) groups is 2. The summed E-state index contributed by atoms with van der Waals surface area (Å²) in [6.07, 6.45) is 4.07. The molecule has 0 unspecified atom stereocenters. The maximum atomic E-state index is 12.4. The molecule has 0 saturated heterocycles. The molecule has 21 heavy (non-hydrogen) atoms. The van der Waals surface area contributed by atoms with Crippen molar-refractivity contribution in [1.29, 1.82) is 0 Å². The summed E-state index contributed by atoms with van der Waals surface area (Å²) >= 11 is 0. The fourth-order valence-corrected chi connectivity index (χ4v) is 2.94. The summed E-state index contributed by atoms with van der Waals surface area (Å²) in [6, 6.07) is 7.40. The van der Waals surface area contributed by atoms with Crippen molar-refractivity contribution in [3.63, 3.8) is 0 Å². The zero-order valence-corrected chi connectivity index (χ0v) is 12.0. The van der Waals surface area contributed by atoms with E-state index in [2.05, 4.69) is 4.90 Å². The molecule has 5 heteroatoms. The highest BCUT2D eigenvalue weighted by Crippen LogP contribution is 2.28. The van der Waals surface area contributed by atoms with Crippen molar-refractivity contribution >= 4 is 11.8 Å². The zero-order chi connectivity index (χ0) is 14.8. The smallest absolute Gasteiger partial charge is 0.262 e. The Balaban J connectivity index is 1.74. The lowest BCUT2D eigenvalue weighted by atomic mass is 9.91. The van der Waals surface area contributed by atoms with Crippen molar-refractivity contribution in [2.75, 3.05) is 19.8 Å².